The molecule has 0 heterocycles. The van der Waals surface area contributed by atoms with Crippen molar-refractivity contribution in [2.45, 2.75) is 11.3 Å². The van der Waals surface area contributed by atoms with Crippen LogP contribution >= 0.6 is 0 Å². The summed E-state index contributed by atoms with van der Waals surface area (Å²) in [6.45, 7) is -0.933. The third kappa shape index (κ3) is 2.94. The second kappa shape index (κ2) is 5.29. The Labute approximate surface area is 103 Å². The minimum absolute atomic E-state index is 0.170. The Hall–Kier alpha value is -1.72. The zero-order valence-electron chi connectivity index (χ0n) is 9.47. The fourth-order valence-corrected chi connectivity index (χ4v) is 2.59. The maximum absolute atomic E-state index is 12.2. The first-order valence-electron chi connectivity index (χ1n) is 4.83. The van der Waals surface area contributed by atoms with E-state index in [4.69, 9.17) is 11.0 Å². The number of hydrogen-bond donors (Lipinski definition) is 1. The number of nitrogens with zero attached hydrogens (tertiary/aromatic N) is 2. The number of nitrogens with two attached hydrogens (primary N) is 1. The lowest BCUT2D eigenvalue weighted by Gasteiger charge is -2.17. The van der Waals surface area contributed by atoms with Crippen molar-refractivity contribution in [2.24, 2.45) is 0 Å². The Morgan fingerprint density at radius 3 is 2.61 bits per heavy atom. The minimum Gasteiger partial charge on any atom is -0.399 e. The van der Waals surface area contributed by atoms with Crippen molar-refractivity contribution in [1.29, 1.82) is 5.26 Å². The lowest BCUT2D eigenvalue weighted by atomic mass is 10.2. The van der Waals surface area contributed by atoms with Gasteiger partial charge in [-0.1, -0.05) is 0 Å². The first-order valence-corrected chi connectivity index (χ1v) is 6.27. The molecule has 0 amide bonds. The van der Waals surface area contributed by atoms with Crippen LogP contribution in [0.15, 0.2) is 23.1 Å². The van der Waals surface area contributed by atoms with Gasteiger partial charge in [-0.2, -0.15) is 9.57 Å². The van der Waals surface area contributed by atoms with E-state index in [2.05, 4.69) is 0 Å². The molecule has 98 valence electrons. The summed E-state index contributed by atoms with van der Waals surface area (Å²) in [7, 11) is -3.09. The van der Waals surface area contributed by atoms with E-state index >= 15 is 0 Å². The molecular formula is C10H11F2N3O2S. The van der Waals surface area contributed by atoms with E-state index in [1.807, 2.05) is 0 Å². The first-order chi connectivity index (χ1) is 8.28. The average molecular weight is 275 g/mol. The van der Waals surface area contributed by atoms with Crippen LogP contribution in [0.4, 0.5) is 14.5 Å². The van der Waals surface area contributed by atoms with Crippen LogP contribution in [0.1, 0.15) is 5.56 Å². The van der Waals surface area contributed by atoms with Gasteiger partial charge in [-0.25, -0.2) is 17.2 Å². The summed E-state index contributed by atoms with van der Waals surface area (Å²) in [6.07, 6.45) is -2.79. The van der Waals surface area contributed by atoms with Gasteiger partial charge in [0.1, 0.15) is 11.0 Å². The Morgan fingerprint density at radius 1 is 1.50 bits per heavy atom. The fraction of sp³-hybridized carbons (Fsp3) is 0.300. The highest BCUT2D eigenvalue weighted by Gasteiger charge is 2.26. The Balaban J connectivity index is 3.25. The molecule has 1 rings (SSSR count). The monoisotopic (exact) mass is 275 g/mol. The van der Waals surface area contributed by atoms with Crippen LogP contribution in [0.2, 0.25) is 0 Å². The number of alkyl halides is 2. The molecule has 0 unspecified atom stereocenters. The highest BCUT2D eigenvalue weighted by Crippen LogP contribution is 2.21. The van der Waals surface area contributed by atoms with E-state index in [1.54, 1.807) is 6.07 Å². The van der Waals surface area contributed by atoms with Gasteiger partial charge < -0.3 is 5.73 Å². The van der Waals surface area contributed by atoms with E-state index < -0.39 is 23.0 Å². The highest BCUT2D eigenvalue weighted by molar-refractivity contribution is 7.89. The van der Waals surface area contributed by atoms with Gasteiger partial charge in [0, 0.05) is 12.7 Å². The zero-order chi connectivity index (χ0) is 13.9. The van der Waals surface area contributed by atoms with Crippen molar-refractivity contribution in [3.63, 3.8) is 0 Å². The van der Waals surface area contributed by atoms with Gasteiger partial charge in [-0.15, -0.1) is 0 Å². The van der Waals surface area contributed by atoms with Gasteiger partial charge in [0.15, 0.2) is 0 Å². The number of anilines is 1. The van der Waals surface area contributed by atoms with Crippen molar-refractivity contribution in [3.05, 3.63) is 23.8 Å². The van der Waals surface area contributed by atoms with Crippen LogP contribution < -0.4 is 5.73 Å². The molecular weight excluding hydrogens is 264 g/mol. The van der Waals surface area contributed by atoms with Crippen LogP contribution in [-0.4, -0.2) is 32.7 Å². The number of hydrogen-bond acceptors (Lipinski definition) is 4. The molecule has 0 atom stereocenters. The average Bonchev–Trinajstić information content (AvgIpc) is 2.27. The summed E-state index contributed by atoms with van der Waals surface area (Å²) in [5, 5.41) is 8.83. The molecule has 5 nitrogen and oxygen atoms in total. The number of nitriles is 1. The lowest BCUT2D eigenvalue weighted by Crippen LogP contribution is -2.31. The lowest BCUT2D eigenvalue weighted by molar-refractivity contribution is 0.126. The minimum atomic E-state index is -4.12. The van der Waals surface area contributed by atoms with Gasteiger partial charge in [-0.05, 0) is 18.2 Å². The predicted octanol–water partition coefficient (Wildman–Crippen LogP) is 1.03. The molecule has 1 aromatic carbocycles. The van der Waals surface area contributed by atoms with E-state index in [9.17, 15) is 17.2 Å². The maximum atomic E-state index is 12.2. The van der Waals surface area contributed by atoms with E-state index in [1.165, 1.54) is 12.1 Å². The van der Waals surface area contributed by atoms with Crippen LogP contribution in [-0.2, 0) is 10.0 Å². The van der Waals surface area contributed by atoms with E-state index in [0.717, 1.165) is 13.1 Å². The first kappa shape index (κ1) is 14.3. The van der Waals surface area contributed by atoms with Crippen LogP contribution in [0.3, 0.4) is 0 Å². The standard InChI is InChI=1S/C10H11F2N3O2S/c1-15(6-10(11)12)18(16,17)9-3-2-8(14)4-7(9)5-13/h2-4,10H,6,14H2,1H3. The summed E-state index contributed by atoms with van der Waals surface area (Å²) < 4.78 is 48.8. The van der Waals surface area contributed by atoms with Crippen LogP contribution in [0.5, 0.6) is 0 Å². The SMILES string of the molecule is CN(CC(F)F)S(=O)(=O)c1ccc(N)cc1C#N. The molecule has 0 aliphatic heterocycles. The summed E-state index contributed by atoms with van der Waals surface area (Å²) in [5.41, 5.74) is 5.48. The third-order valence-electron chi connectivity index (χ3n) is 2.21. The van der Waals surface area contributed by atoms with Crippen molar-refractivity contribution >= 4 is 15.7 Å². The Bertz CT molecular complexity index is 581. The quantitative estimate of drug-likeness (QED) is 0.831. The summed E-state index contributed by atoms with van der Waals surface area (Å²) in [4.78, 5) is -0.331. The van der Waals surface area contributed by atoms with Gasteiger partial charge in [0.05, 0.1) is 12.1 Å². The molecule has 8 heteroatoms. The van der Waals surface area contributed by atoms with Gasteiger partial charge in [-0.3, -0.25) is 0 Å². The van der Waals surface area contributed by atoms with Crippen LogP contribution in [0, 0.1) is 11.3 Å². The molecule has 0 bridgehead atoms. The second-order valence-corrected chi connectivity index (χ2v) is 5.56. The molecule has 0 radical (unpaired) electrons. The number of rotatable bonds is 4. The van der Waals surface area contributed by atoms with Gasteiger partial charge in [0.2, 0.25) is 10.0 Å². The Kier molecular flexibility index (Phi) is 4.21. The third-order valence-corrected chi connectivity index (χ3v) is 4.09. The predicted molar refractivity (Wildman–Crippen MR) is 61.4 cm³/mol. The van der Waals surface area contributed by atoms with E-state index in [0.29, 0.717) is 4.31 Å². The maximum Gasteiger partial charge on any atom is 0.252 e. The number of halogens is 2. The topological polar surface area (TPSA) is 87.2 Å². The normalized spacial score (nSPS) is 11.8. The molecule has 0 aromatic heterocycles. The largest absolute Gasteiger partial charge is 0.399 e. The molecule has 0 aliphatic carbocycles. The van der Waals surface area contributed by atoms with Crippen molar-refractivity contribution < 1.29 is 17.2 Å². The molecule has 2 N–H and O–H groups in total. The summed E-state index contributed by atoms with van der Waals surface area (Å²) >= 11 is 0. The molecule has 18 heavy (non-hydrogen) atoms. The fourth-order valence-electron chi connectivity index (χ4n) is 1.32. The number of nitrogen functional groups attached to an aromatic ring is 1. The Morgan fingerprint density at radius 2 is 2.11 bits per heavy atom. The summed E-state index contributed by atoms with van der Waals surface area (Å²) in [6, 6.07) is 5.29. The van der Waals surface area contributed by atoms with E-state index in [-0.39, 0.29) is 16.1 Å². The van der Waals surface area contributed by atoms with Crippen LogP contribution in [0.25, 0.3) is 0 Å². The van der Waals surface area contributed by atoms with Gasteiger partial charge >= 0.3 is 0 Å². The van der Waals surface area contributed by atoms with Gasteiger partial charge in [0.25, 0.3) is 6.43 Å². The molecule has 1 aromatic rings. The molecule has 0 spiro atoms. The number of sulfonamides is 1. The molecule has 0 saturated heterocycles. The smallest absolute Gasteiger partial charge is 0.252 e. The van der Waals surface area contributed by atoms with Crippen molar-refractivity contribution in [2.75, 3.05) is 19.3 Å². The molecule has 0 fully saturated rings. The highest BCUT2D eigenvalue weighted by atomic mass is 32.2. The zero-order valence-corrected chi connectivity index (χ0v) is 10.3. The molecule has 0 aliphatic rings. The van der Waals surface area contributed by atoms with Crippen molar-refractivity contribution in [3.8, 4) is 6.07 Å². The van der Waals surface area contributed by atoms with Crippen molar-refractivity contribution in [1.82, 2.24) is 4.31 Å². The second-order valence-electron chi connectivity index (χ2n) is 3.54. The molecule has 0 saturated carbocycles. The number of benzene rings is 1. The summed E-state index contributed by atoms with van der Waals surface area (Å²) in [5.74, 6) is 0.